The Bertz CT molecular complexity index is 713. The lowest BCUT2D eigenvalue weighted by molar-refractivity contribution is -0.117. The van der Waals surface area contributed by atoms with Crippen LogP contribution in [-0.4, -0.2) is 10.8 Å². The van der Waals surface area contributed by atoms with Crippen molar-refractivity contribution >= 4 is 28.1 Å². The van der Waals surface area contributed by atoms with E-state index >= 15 is 0 Å². The summed E-state index contributed by atoms with van der Waals surface area (Å²) >= 11 is 1.51. The minimum atomic E-state index is 0.165. The third-order valence-electron chi connectivity index (χ3n) is 3.03. The summed E-state index contributed by atoms with van der Waals surface area (Å²) in [5.74, 6) is 0.165. The van der Waals surface area contributed by atoms with E-state index < -0.39 is 0 Å². The Labute approximate surface area is 114 Å². The van der Waals surface area contributed by atoms with Crippen LogP contribution in [0, 0.1) is 6.92 Å². The summed E-state index contributed by atoms with van der Waals surface area (Å²) in [5.41, 5.74) is 2.95. The lowest BCUT2D eigenvalue weighted by Gasteiger charge is -1.97. The average molecular weight is 271 g/mol. The number of benzene rings is 1. The van der Waals surface area contributed by atoms with Gasteiger partial charge in [-0.15, -0.1) is 11.3 Å². The molecule has 0 aliphatic carbocycles. The van der Waals surface area contributed by atoms with E-state index in [4.69, 9.17) is 4.42 Å². The van der Waals surface area contributed by atoms with Crippen molar-refractivity contribution in [1.29, 1.82) is 0 Å². The Morgan fingerprint density at radius 1 is 1.37 bits per heavy atom. The predicted molar refractivity (Wildman–Crippen MR) is 75.5 cm³/mol. The summed E-state index contributed by atoms with van der Waals surface area (Å²) in [6.45, 7) is 2.02. The van der Waals surface area contributed by atoms with E-state index in [1.807, 2.05) is 30.5 Å². The lowest BCUT2D eigenvalue weighted by Crippen LogP contribution is -2.05. The van der Waals surface area contributed by atoms with Crippen LogP contribution < -0.4 is 0 Å². The molecule has 0 atom stereocenters. The van der Waals surface area contributed by atoms with Crippen LogP contribution in [0.4, 0.5) is 0 Å². The Balaban J connectivity index is 1.79. The second-order valence-electron chi connectivity index (χ2n) is 4.58. The number of furan rings is 1. The van der Waals surface area contributed by atoms with Crippen LogP contribution in [0.1, 0.15) is 16.1 Å². The SMILES string of the molecule is Cc1ccc2c(CC(=O)Cc3nccs3)coc2c1. The number of hydrogen-bond acceptors (Lipinski definition) is 4. The zero-order chi connectivity index (χ0) is 13.2. The van der Waals surface area contributed by atoms with Crippen LogP contribution in [0.2, 0.25) is 0 Å². The van der Waals surface area contributed by atoms with Crippen LogP contribution in [0.3, 0.4) is 0 Å². The molecule has 0 radical (unpaired) electrons. The minimum absolute atomic E-state index is 0.165. The molecule has 4 heteroatoms. The molecule has 3 nitrogen and oxygen atoms in total. The number of hydrogen-bond donors (Lipinski definition) is 0. The van der Waals surface area contributed by atoms with Gasteiger partial charge in [-0.25, -0.2) is 4.98 Å². The highest BCUT2D eigenvalue weighted by Crippen LogP contribution is 2.23. The van der Waals surface area contributed by atoms with Crippen LogP contribution >= 0.6 is 11.3 Å². The fourth-order valence-electron chi connectivity index (χ4n) is 2.11. The molecule has 0 saturated heterocycles. The van der Waals surface area contributed by atoms with Crippen molar-refractivity contribution in [3.63, 3.8) is 0 Å². The first-order valence-electron chi connectivity index (χ1n) is 6.09. The molecule has 0 spiro atoms. The van der Waals surface area contributed by atoms with Gasteiger partial charge in [0.25, 0.3) is 0 Å². The number of fused-ring (bicyclic) bond motifs is 1. The molecule has 2 aromatic heterocycles. The van der Waals surface area contributed by atoms with E-state index in [0.717, 1.165) is 27.1 Å². The first kappa shape index (κ1) is 12.1. The Hall–Kier alpha value is -1.94. The molecule has 3 aromatic rings. The second-order valence-corrected chi connectivity index (χ2v) is 5.56. The Morgan fingerprint density at radius 3 is 3.05 bits per heavy atom. The van der Waals surface area contributed by atoms with E-state index in [-0.39, 0.29) is 5.78 Å². The molecular weight excluding hydrogens is 258 g/mol. The van der Waals surface area contributed by atoms with E-state index in [1.165, 1.54) is 11.3 Å². The third kappa shape index (κ3) is 2.58. The Kier molecular flexibility index (Phi) is 3.17. The first-order chi connectivity index (χ1) is 9.22. The predicted octanol–water partition coefficient (Wildman–Crippen LogP) is 3.55. The van der Waals surface area contributed by atoms with Crippen LogP contribution in [0.15, 0.2) is 40.5 Å². The van der Waals surface area contributed by atoms with Gasteiger partial charge >= 0.3 is 0 Å². The van der Waals surface area contributed by atoms with Crippen molar-refractivity contribution in [2.24, 2.45) is 0 Å². The molecule has 0 amide bonds. The van der Waals surface area contributed by atoms with Gasteiger partial charge in [-0.3, -0.25) is 4.79 Å². The second kappa shape index (κ2) is 4.97. The van der Waals surface area contributed by atoms with E-state index in [2.05, 4.69) is 4.98 Å². The van der Waals surface area contributed by atoms with Gasteiger partial charge in [0, 0.05) is 28.9 Å². The largest absolute Gasteiger partial charge is 0.464 e. The van der Waals surface area contributed by atoms with Crippen molar-refractivity contribution in [2.45, 2.75) is 19.8 Å². The maximum Gasteiger partial charge on any atom is 0.144 e. The normalized spacial score (nSPS) is 11.0. The van der Waals surface area contributed by atoms with Gasteiger partial charge < -0.3 is 4.42 Å². The number of carbonyl (C=O) groups excluding carboxylic acids is 1. The summed E-state index contributed by atoms with van der Waals surface area (Å²) in [4.78, 5) is 16.1. The molecule has 0 unspecified atom stereocenters. The monoisotopic (exact) mass is 271 g/mol. The molecule has 0 aliphatic heterocycles. The van der Waals surface area contributed by atoms with Gasteiger partial charge in [-0.2, -0.15) is 0 Å². The molecule has 3 rings (SSSR count). The van der Waals surface area contributed by atoms with Gasteiger partial charge in [0.15, 0.2) is 0 Å². The average Bonchev–Trinajstić information content (AvgIpc) is 2.99. The topological polar surface area (TPSA) is 43.1 Å². The maximum atomic E-state index is 12.0. The summed E-state index contributed by atoms with van der Waals surface area (Å²) in [5, 5.41) is 3.78. The van der Waals surface area contributed by atoms with Crippen molar-refractivity contribution in [2.75, 3.05) is 0 Å². The van der Waals surface area contributed by atoms with Gasteiger partial charge in [0.1, 0.15) is 11.4 Å². The maximum absolute atomic E-state index is 12.0. The van der Waals surface area contributed by atoms with Crippen molar-refractivity contribution in [1.82, 2.24) is 4.98 Å². The number of rotatable bonds is 4. The standard InChI is InChI=1S/C15H13NO2S/c1-10-2-3-13-11(9-18-14(13)6-10)7-12(17)8-15-16-4-5-19-15/h2-6,9H,7-8H2,1H3. The van der Waals surface area contributed by atoms with E-state index in [0.29, 0.717) is 12.8 Å². The van der Waals surface area contributed by atoms with Gasteiger partial charge in [0.05, 0.1) is 17.7 Å². The number of carbonyl (C=O) groups is 1. The van der Waals surface area contributed by atoms with Crippen LogP contribution in [-0.2, 0) is 17.6 Å². The van der Waals surface area contributed by atoms with Crippen LogP contribution in [0.25, 0.3) is 11.0 Å². The Morgan fingerprint density at radius 2 is 2.26 bits per heavy atom. The number of aryl methyl sites for hydroxylation is 1. The molecule has 0 fully saturated rings. The number of aromatic nitrogens is 1. The number of thiazole rings is 1. The van der Waals surface area contributed by atoms with Crippen LogP contribution in [0.5, 0.6) is 0 Å². The van der Waals surface area contributed by atoms with Gasteiger partial charge in [0.2, 0.25) is 0 Å². The highest BCUT2D eigenvalue weighted by atomic mass is 32.1. The van der Waals surface area contributed by atoms with Gasteiger partial charge in [-0.1, -0.05) is 12.1 Å². The van der Waals surface area contributed by atoms with Gasteiger partial charge in [-0.05, 0) is 18.6 Å². The molecule has 19 heavy (non-hydrogen) atoms. The zero-order valence-electron chi connectivity index (χ0n) is 10.6. The summed E-state index contributed by atoms with van der Waals surface area (Å²) in [6, 6.07) is 6.04. The summed E-state index contributed by atoms with van der Waals surface area (Å²) < 4.78 is 5.50. The lowest BCUT2D eigenvalue weighted by atomic mass is 10.1. The molecule has 0 saturated carbocycles. The van der Waals surface area contributed by atoms with E-state index in [1.54, 1.807) is 12.5 Å². The summed E-state index contributed by atoms with van der Waals surface area (Å²) in [7, 11) is 0. The molecule has 0 aliphatic rings. The smallest absolute Gasteiger partial charge is 0.144 e. The molecule has 2 heterocycles. The number of nitrogens with zero attached hydrogens (tertiary/aromatic N) is 1. The quantitative estimate of drug-likeness (QED) is 0.728. The van der Waals surface area contributed by atoms with Crippen molar-refractivity contribution in [3.8, 4) is 0 Å². The molecule has 0 bridgehead atoms. The molecule has 96 valence electrons. The highest BCUT2D eigenvalue weighted by Gasteiger charge is 2.12. The third-order valence-corrected chi connectivity index (χ3v) is 3.81. The highest BCUT2D eigenvalue weighted by molar-refractivity contribution is 7.09. The number of Topliss-reactive ketones (excluding diaryl/α,β-unsaturated/α-hetero) is 1. The molecular formula is C15H13NO2S. The van der Waals surface area contributed by atoms with Crippen molar-refractivity contribution < 1.29 is 9.21 Å². The van der Waals surface area contributed by atoms with Crippen molar-refractivity contribution in [3.05, 3.63) is 52.2 Å². The minimum Gasteiger partial charge on any atom is -0.464 e. The number of ketones is 1. The summed E-state index contributed by atoms with van der Waals surface area (Å²) in [6.07, 6.45) is 4.21. The fourth-order valence-corrected chi connectivity index (χ4v) is 2.76. The zero-order valence-corrected chi connectivity index (χ0v) is 11.4. The molecule has 1 aromatic carbocycles. The van der Waals surface area contributed by atoms with E-state index in [9.17, 15) is 4.79 Å². The molecule has 0 N–H and O–H groups in total. The first-order valence-corrected chi connectivity index (χ1v) is 6.97. The fraction of sp³-hybridized carbons (Fsp3) is 0.200.